The van der Waals surface area contributed by atoms with Crippen molar-refractivity contribution in [1.29, 1.82) is 0 Å². The number of nitrogens with zero attached hydrogens (tertiary/aromatic N) is 2. The average molecular weight is 179 g/mol. The molecule has 0 bridgehead atoms. The third-order valence-corrected chi connectivity index (χ3v) is 1.95. The Morgan fingerprint density at radius 3 is 2.77 bits per heavy atom. The van der Waals surface area contributed by atoms with E-state index in [1.807, 2.05) is 32.3 Å². The largest absolute Gasteiger partial charge is 0.323 e. The standard InChI is InChI=1S/C10H17N3/c1-13(2)8-6-9(11)10-5-3-4-7-12-10/h3-5,7,9H,6,8,11H2,1-2H3. The summed E-state index contributed by atoms with van der Waals surface area (Å²) >= 11 is 0. The predicted molar refractivity (Wildman–Crippen MR) is 54.3 cm³/mol. The monoisotopic (exact) mass is 179 g/mol. The molecule has 1 rings (SSSR count). The maximum atomic E-state index is 5.95. The van der Waals surface area contributed by atoms with Gasteiger partial charge in [-0.15, -0.1) is 0 Å². The van der Waals surface area contributed by atoms with Gasteiger partial charge in [0.2, 0.25) is 0 Å². The first-order chi connectivity index (χ1) is 6.20. The van der Waals surface area contributed by atoms with Crippen molar-refractivity contribution in [2.24, 2.45) is 5.73 Å². The number of aromatic nitrogens is 1. The molecule has 72 valence electrons. The Balaban J connectivity index is 2.44. The van der Waals surface area contributed by atoms with Crippen LogP contribution in [0, 0.1) is 0 Å². The fourth-order valence-corrected chi connectivity index (χ4v) is 1.14. The van der Waals surface area contributed by atoms with Gasteiger partial charge in [-0.2, -0.15) is 0 Å². The molecule has 0 fully saturated rings. The first-order valence-corrected chi connectivity index (χ1v) is 4.51. The minimum Gasteiger partial charge on any atom is -0.323 e. The van der Waals surface area contributed by atoms with Gasteiger partial charge in [0.05, 0.1) is 5.69 Å². The fourth-order valence-electron chi connectivity index (χ4n) is 1.14. The molecule has 3 heteroatoms. The highest BCUT2D eigenvalue weighted by molar-refractivity contribution is 5.07. The van der Waals surface area contributed by atoms with Crippen LogP contribution in [0.2, 0.25) is 0 Å². The summed E-state index contributed by atoms with van der Waals surface area (Å²) in [4.78, 5) is 6.34. The lowest BCUT2D eigenvalue weighted by atomic mass is 10.1. The molecule has 13 heavy (non-hydrogen) atoms. The second-order valence-corrected chi connectivity index (χ2v) is 3.45. The number of hydrogen-bond donors (Lipinski definition) is 1. The molecule has 3 nitrogen and oxygen atoms in total. The van der Waals surface area contributed by atoms with Crippen molar-refractivity contribution >= 4 is 0 Å². The van der Waals surface area contributed by atoms with Gasteiger partial charge in [-0.1, -0.05) is 6.07 Å². The highest BCUT2D eigenvalue weighted by Crippen LogP contribution is 2.09. The van der Waals surface area contributed by atoms with E-state index >= 15 is 0 Å². The SMILES string of the molecule is CN(C)CCC(N)c1ccccn1. The van der Waals surface area contributed by atoms with Crippen molar-refractivity contribution in [1.82, 2.24) is 9.88 Å². The molecule has 1 aromatic heterocycles. The molecule has 1 heterocycles. The van der Waals surface area contributed by atoms with Crippen molar-refractivity contribution in [3.8, 4) is 0 Å². The highest BCUT2D eigenvalue weighted by Gasteiger charge is 2.06. The van der Waals surface area contributed by atoms with Gasteiger partial charge in [0.1, 0.15) is 0 Å². The minimum atomic E-state index is 0.0589. The Labute approximate surface area is 79.6 Å². The molecule has 0 radical (unpaired) electrons. The minimum absolute atomic E-state index is 0.0589. The van der Waals surface area contributed by atoms with Crippen LogP contribution in [0.4, 0.5) is 0 Å². The zero-order valence-corrected chi connectivity index (χ0v) is 8.27. The summed E-state index contributed by atoms with van der Waals surface area (Å²) < 4.78 is 0. The second kappa shape index (κ2) is 4.94. The van der Waals surface area contributed by atoms with Crippen LogP contribution in [-0.4, -0.2) is 30.5 Å². The third-order valence-electron chi connectivity index (χ3n) is 1.95. The number of hydrogen-bond acceptors (Lipinski definition) is 3. The molecular weight excluding hydrogens is 162 g/mol. The van der Waals surface area contributed by atoms with Crippen molar-refractivity contribution < 1.29 is 0 Å². The zero-order valence-electron chi connectivity index (χ0n) is 8.27. The summed E-state index contributed by atoms with van der Waals surface area (Å²) in [6.45, 7) is 0.998. The summed E-state index contributed by atoms with van der Waals surface area (Å²) in [5.41, 5.74) is 6.93. The van der Waals surface area contributed by atoms with E-state index in [1.165, 1.54) is 0 Å². The Morgan fingerprint density at radius 2 is 2.23 bits per heavy atom. The van der Waals surface area contributed by atoms with Crippen LogP contribution >= 0.6 is 0 Å². The average Bonchev–Trinajstić information content (AvgIpc) is 2.15. The van der Waals surface area contributed by atoms with E-state index in [2.05, 4.69) is 9.88 Å². The molecule has 0 saturated carbocycles. The van der Waals surface area contributed by atoms with Gasteiger partial charge < -0.3 is 10.6 Å². The summed E-state index contributed by atoms with van der Waals surface area (Å²) in [5, 5.41) is 0. The van der Waals surface area contributed by atoms with Gasteiger partial charge in [-0.25, -0.2) is 0 Å². The van der Waals surface area contributed by atoms with E-state index in [9.17, 15) is 0 Å². The smallest absolute Gasteiger partial charge is 0.0571 e. The molecule has 0 amide bonds. The Kier molecular flexibility index (Phi) is 3.86. The van der Waals surface area contributed by atoms with E-state index < -0.39 is 0 Å². The molecule has 0 saturated heterocycles. The van der Waals surface area contributed by atoms with Gasteiger partial charge in [-0.3, -0.25) is 4.98 Å². The Hall–Kier alpha value is -0.930. The van der Waals surface area contributed by atoms with Crippen molar-refractivity contribution in [3.63, 3.8) is 0 Å². The molecule has 1 aromatic rings. The molecule has 0 aliphatic heterocycles. The van der Waals surface area contributed by atoms with E-state index in [-0.39, 0.29) is 6.04 Å². The van der Waals surface area contributed by atoms with Crippen LogP contribution in [0.5, 0.6) is 0 Å². The molecule has 1 unspecified atom stereocenters. The van der Waals surface area contributed by atoms with Crippen LogP contribution in [-0.2, 0) is 0 Å². The normalized spacial score (nSPS) is 13.2. The van der Waals surface area contributed by atoms with Crippen molar-refractivity contribution in [2.45, 2.75) is 12.5 Å². The lowest BCUT2D eigenvalue weighted by Gasteiger charge is -2.14. The quantitative estimate of drug-likeness (QED) is 0.750. The number of nitrogens with two attached hydrogens (primary N) is 1. The van der Waals surface area contributed by atoms with Crippen LogP contribution < -0.4 is 5.73 Å². The van der Waals surface area contributed by atoms with Gasteiger partial charge in [-0.05, 0) is 39.2 Å². The zero-order chi connectivity index (χ0) is 9.68. The molecular formula is C10H17N3. The van der Waals surface area contributed by atoms with E-state index in [0.717, 1.165) is 18.7 Å². The van der Waals surface area contributed by atoms with Crippen molar-refractivity contribution in [2.75, 3.05) is 20.6 Å². The number of pyridine rings is 1. The van der Waals surface area contributed by atoms with Gasteiger partial charge in [0.15, 0.2) is 0 Å². The topological polar surface area (TPSA) is 42.1 Å². The summed E-state index contributed by atoms with van der Waals surface area (Å²) in [7, 11) is 4.09. The second-order valence-electron chi connectivity index (χ2n) is 3.45. The number of rotatable bonds is 4. The third kappa shape index (κ3) is 3.53. The molecule has 0 spiro atoms. The van der Waals surface area contributed by atoms with Gasteiger partial charge in [0.25, 0.3) is 0 Å². The fraction of sp³-hybridized carbons (Fsp3) is 0.500. The van der Waals surface area contributed by atoms with E-state index in [4.69, 9.17) is 5.73 Å². The highest BCUT2D eigenvalue weighted by atomic mass is 15.0. The van der Waals surface area contributed by atoms with Crippen LogP contribution in [0.1, 0.15) is 18.2 Å². The molecule has 0 aromatic carbocycles. The lowest BCUT2D eigenvalue weighted by molar-refractivity contribution is 0.381. The maximum Gasteiger partial charge on any atom is 0.0571 e. The lowest BCUT2D eigenvalue weighted by Crippen LogP contribution is -2.20. The molecule has 0 aliphatic rings. The first-order valence-electron chi connectivity index (χ1n) is 4.51. The van der Waals surface area contributed by atoms with Gasteiger partial charge >= 0.3 is 0 Å². The summed E-state index contributed by atoms with van der Waals surface area (Å²) in [6.07, 6.45) is 2.73. The Morgan fingerprint density at radius 1 is 1.46 bits per heavy atom. The van der Waals surface area contributed by atoms with Crippen LogP contribution in [0.3, 0.4) is 0 Å². The molecule has 0 aliphatic carbocycles. The maximum absolute atomic E-state index is 5.95. The van der Waals surface area contributed by atoms with Gasteiger partial charge in [0, 0.05) is 12.2 Å². The predicted octanol–water partition coefficient (Wildman–Crippen LogP) is 1.03. The van der Waals surface area contributed by atoms with Crippen molar-refractivity contribution in [3.05, 3.63) is 30.1 Å². The Bertz CT molecular complexity index is 233. The van der Waals surface area contributed by atoms with Crippen LogP contribution in [0.25, 0.3) is 0 Å². The van der Waals surface area contributed by atoms with E-state index in [1.54, 1.807) is 6.20 Å². The van der Waals surface area contributed by atoms with Crippen LogP contribution in [0.15, 0.2) is 24.4 Å². The molecule has 2 N–H and O–H groups in total. The molecule has 1 atom stereocenters. The summed E-state index contributed by atoms with van der Waals surface area (Å²) in [5.74, 6) is 0. The van der Waals surface area contributed by atoms with E-state index in [0.29, 0.717) is 0 Å². The first kappa shape index (κ1) is 10.2. The summed E-state index contributed by atoms with van der Waals surface area (Å²) in [6, 6.07) is 5.91.